The Labute approximate surface area is 353 Å². The summed E-state index contributed by atoms with van der Waals surface area (Å²) < 4.78 is 12.6. The first-order valence-electron chi connectivity index (χ1n) is 20.7. The molecule has 0 aliphatic rings. The Morgan fingerprint density at radius 2 is 0.803 bits per heavy atom. The van der Waals surface area contributed by atoms with Gasteiger partial charge in [0, 0.05) is 44.0 Å². The minimum atomic E-state index is 0.897. The molecule has 10 aromatic carbocycles. The van der Waals surface area contributed by atoms with Gasteiger partial charge in [0.1, 0.15) is 22.3 Å². The van der Waals surface area contributed by atoms with Gasteiger partial charge in [-0.2, -0.15) is 0 Å². The molecule has 286 valence electrons. The minimum absolute atomic E-state index is 0.897. The first kappa shape index (κ1) is 34.9. The normalized spacial score (nSPS) is 11.6. The average Bonchev–Trinajstić information content (AvgIpc) is 3.91. The number of hydrogen-bond acceptors (Lipinski definition) is 3. The van der Waals surface area contributed by atoms with E-state index in [2.05, 4.69) is 205 Å². The van der Waals surface area contributed by atoms with E-state index in [0.717, 1.165) is 94.3 Å². The summed E-state index contributed by atoms with van der Waals surface area (Å²) in [5.74, 6) is 0. The Hall–Kier alpha value is -8.14. The van der Waals surface area contributed by atoms with Crippen molar-refractivity contribution in [3.05, 3.63) is 224 Å². The lowest BCUT2D eigenvalue weighted by molar-refractivity contribution is 0.669. The zero-order valence-electron chi connectivity index (χ0n) is 33.1. The Morgan fingerprint density at radius 1 is 0.279 bits per heavy atom. The van der Waals surface area contributed by atoms with E-state index in [1.165, 1.54) is 21.9 Å². The molecule has 0 radical (unpaired) electrons. The highest BCUT2D eigenvalue weighted by Gasteiger charge is 2.19. The van der Waals surface area contributed by atoms with E-state index >= 15 is 0 Å². The zero-order chi connectivity index (χ0) is 40.3. The highest BCUT2D eigenvalue weighted by Crippen LogP contribution is 2.44. The fourth-order valence-corrected chi connectivity index (χ4v) is 9.14. The van der Waals surface area contributed by atoms with Crippen molar-refractivity contribution in [2.24, 2.45) is 0 Å². The number of benzene rings is 10. The van der Waals surface area contributed by atoms with Crippen molar-refractivity contribution in [2.45, 2.75) is 0 Å². The van der Waals surface area contributed by atoms with Gasteiger partial charge < -0.3 is 13.7 Å². The number of para-hydroxylation sites is 4. The number of nitrogens with zero attached hydrogens (tertiary/aromatic N) is 1. The van der Waals surface area contributed by atoms with Crippen molar-refractivity contribution < 1.29 is 8.83 Å². The number of rotatable bonds is 7. The largest absolute Gasteiger partial charge is 0.456 e. The Balaban J connectivity index is 0.982. The van der Waals surface area contributed by atoms with Crippen molar-refractivity contribution in [3.63, 3.8) is 0 Å². The molecule has 0 fully saturated rings. The molecule has 0 bridgehead atoms. The standard InChI is InChI=1S/C58H37NO2/c1-2-16-46-39(12-1)13-10-20-47(46)42-14-9-15-43(36-42)48-17-3-6-23-54(48)59(44-31-26-38(27-32-44)41-30-35-57-53(37-41)51-19-5-7-24-55(51)60-57)45-33-28-40(29-34-45)49-21-11-22-52-50-18-4-8-25-56(50)61-58(49)52/h1-37H. The molecule has 12 aromatic rings. The van der Waals surface area contributed by atoms with Crippen LogP contribution in [0.5, 0.6) is 0 Å². The van der Waals surface area contributed by atoms with Crippen LogP contribution < -0.4 is 4.90 Å². The molecule has 0 unspecified atom stereocenters. The van der Waals surface area contributed by atoms with Gasteiger partial charge >= 0.3 is 0 Å². The van der Waals surface area contributed by atoms with Gasteiger partial charge in [-0.05, 0) is 105 Å². The third-order valence-electron chi connectivity index (χ3n) is 12.1. The van der Waals surface area contributed by atoms with E-state index in [1.54, 1.807) is 0 Å². The van der Waals surface area contributed by atoms with Gasteiger partial charge in [0.25, 0.3) is 0 Å². The van der Waals surface area contributed by atoms with Crippen LogP contribution in [0.2, 0.25) is 0 Å². The molecule has 0 N–H and O–H groups in total. The molecule has 2 heterocycles. The summed E-state index contributed by atoms with van der Waals surface area (Å²) in [7, 11) is 0. The SMILES string of the molecule is c1cc(-c2ccccc2N(c2ccc(-c3ccc4oc5ccccc5c4c3)cc2)c2ccc(-c3cccc4c3oc3ccccc34)cc2)cc(-c2cccc3ccccc23)c1. The van der Waals surface area contributed by atoms with Crippen molar-refractivity contribution in [3.8, 4) is 44.5 Å². The predicted octanol–water partition coefficient (Wildman–Crippen LogP) is 16.8. The van der Waals surface area contributed by atoms with Crippen LogP contribution in [0.4, 0.5) is 17.1 Å². The van der Waals surface area contributed by atoms with E-state index < -0.39 is 0 Å². The minimum Gasteiger partial charge on any atom is -0.456 e. The maximum Gasteiger partial charge on any atom is 0.143 e. The molecule has 3 nitrogen and oxygen atoms in total. The van der Waals surface area contributed by atoms with Crippen LogP contribution in [0.15, 0.2) is 233 Å². The molecule has 0 aliphatic heterocycles. The maximum absolute atomic E-state index is 6.46. The van der Waals surface area contributed by atoms with Gasteiger partial charge in [-0.25, -0.2) is 0 Å². The monoisotopic (exact) mass is 779 g/mol. The lowest BCUT2D eigenvalue weighted by Crippen LogP contribution is -2.11. The molecule has 0 spiro atoms. The summed E-state index contributed by atoms with van der Waals surface area (Å²) in [6, 6.07) is 80.1. The third kappa shape index (κ3) is 5.98. The van der Waals surface area contributed by atoms with Crippen molar-refractivity contribution in [1.82, 2.24) is 0 Å². The summed E-state index contributed by atoms with van der Waals surface area (Å²) in [4.78, 5) is 2.38. The summed E-state index contributed by atoms with van der Waals surface area (Å²) >= 11 is 0. The van der Waals surface area contributed by atoms with Crippen molar-refractivity contribution in [1.29, 1.82) is 0 Å². The van der Waals surface area contributed by atoms with Crippen molar-refractivity contribution >= 4 is 71.7 Å². The fourth-order valence-electron chi connectivity index (χ4n) is 9.14. The second-order valence-corrected chi connectivity index (χ2v) is 15.6. The lowest BCUT2D eigenvalue weighted by Gasteiger charge is -2.28. The van der Waals surface area contributed by atoms with Crippen LogP contribution >= 0.6 is 0 Å². The molecule has 12 rings (SSSR count). The molecule has 0 atom stereocenters. The Bertz CT molecular complexity index is 3590. The van der Waals surface area contributed by atoms with E-state index in [-0.39, 0.29) is 0 Å². The van der Waals surface area contributed by atoms with Crippen LogP contribution in [-0.2, 0) is 0 Å². The third-order valence-corrected chi connectivity index (χ3v) is 12.1. The molecule has 0 saturated carbocycles. The molecule has 0 saturated heterocycles. The van der Waals surface area contributed by atoms with E-state index in [0.29, 0.717) is 0 Å². The van der Waals surface area contributed by atoms with Gasteiger partial charge in [0.15, 0.2) is 0 Å². The topological polar surface area (TPSA) is 29.5 Å². The van der Waals surface area contributed by atoms with Gasteiger partial charge in [-0.3, -0.25) is 0 Å². The zero-order valence-corrected chi connectivity index (χ0v) is 33.1. The number of hydrogen-bond donors (Lipinski definition) is 0. The van der Waals surface area contributed by atoms with E-state index in [9.17, 15) is 0 Å². The Morgan fingerprint density at radius 3 is 1.61 bits per heavy atom. The number of furan rings is 2. The van der Waals surface area contributed by atoms with Crippen LogP contribution in [-0.4, -0.2) is 0 Å². The van der Waals surface area contributed by atoms with Crippen LogP contribution in [0.1, 0.15) is 0 Å². The predicted molar refractivity (Wildman–Crippen MR) is 255 cm³/mol. The molecule has 0 amide bonds. The summed E-state index contributed by atoms with van der Waals surface area (Å²) in [6.45, 7) is 0. The molecular weight excluding hydrogens is 743 g/mol. The number of fused-ring (bicyclic) bond motifs is 7. The highest BCUT2D eigenvalue weighted by atomic mass is 16.3. The summed E-state index contributed by atoms with van der Waals surface area (Å²) in [6.07, 6.45) is 0. The first-order chi connectivity index (χ1) is 30.2. The summed E-state index contributed by atoms with van der Waals surface area (Å²) in [5, 5.41) is 6.98. The van der Waals surface area contributed by atoms with E-state index in [1.807, 2.05) is 24.3 Å². The molecular formula is C58H37NO2. The maximum atomic E-state index is 6.46. The first-order valence-corrected chi connectivity index (χ1v) is 20.7. The van der Waals surface area contributed by atoms with Gasteiger partial charge in [0.2, 0.25) is 0 Å². The second-order valence-electron chi connectivity index (χ2n) is 15.6. The van der Waals surface area contributed by atoms with Crippen LogP contribution in [0.3, 0.4) is 0 Å². The van der Waals surface area contributed by atoms with Gasteiger partial charge in [-0.15, -0.1) is 0 Å². The highest BCUT2D eigenvalue weighted by molar-refractivity contribution is 6.10. The average molecular weight is 780 g/mol. The van der Waals surface area contributed by atoms with E-state index in [4.69, 9.17) is 8.83 Å². The lowest BCUT2D eigenvalue weighted by atomic mass is 9.94. The van der Waals surface area contributed by atoms with Crippen LogP contribution in [0, 0.1) is 0 Å². The fraction of sp³-hybridized carbons (Fsp3) is 0. The molecule has 3 heteroatoms. The molecule has 2 aromatic heterocycles. The van der Waals surface area contributed by atoms with Crippen LogP contribution in [0.25, 0.3) is 99.2 Å². The quantitative estimate of drug-likeness (QED) is 0.161. The Kier molecular flexibility index (Phi) is 8.17. The van der Waals surface area contributed by atoms with Gasteiger partial charge in [-0.1, -0.05) is 164 Å². The second kappa shape index (κ2) is 14.3. The molecule has 61 heavy (non-hydrogen) atoms. The van der Waals surface area contributed by atoms with Gasteiger partial charge in [0.05, 0.1) is 5.69 Å². The molecule has 0 aliphatic carbocycles. The number of anilines is 3. The summed E-state index contributed by atoms with van der Waals surface area (Å²) in [5.41, 5.74) is 16.0. The van der Waals surface area contributed by atoms with Crippen molar-refractivity contribution in [2.75, 3.05) is 4.90 Å². The smallest absolute Gasteiger partial charge is 0.143 e.